The molecule has 0 bridgehead atoms. The van der Waals surface area contributed by atoms with Crippen LogP contribution < -0.4 is 26.9 Å². The topological polar surface area (TPSA) is 471 Å². The number of methoxy groups -OCH3 is 2. The first-order valence-corrected chi connectivity index (χ1v) is 35.8. The van der Waals surface area contributed by atoms with Gasteiger partial charge < -0.3 is 104 Å². The fourth-order valence-corrected chi connectivity index (χ4v) is 13.3. The number of likely N-dealkylation sites (N-methyl/N-ethyl adjacent to an activating group) is 2. The van der Waals surface area contributed by atoms with Crippen LogP contribution in [0.2, 0.25) is 0 Å². The molecule has 3 aliphatic rings. The Balaban J connectivity index is 1.21. The number of aliphatic hydroxyl groups is 3. The van der Waals surface area contributed by atoms with Gasteiger partial charge in [-0.25, -0.2) is 20.2 Å². The molecule has 4 heterocycles. The van der Waals surface area contributed by atoms with E-state index in [0.29, 0.717) is 31.4 Å². The van der Waals surface area contributed by atoms with E-state index in [1.54, 1.807) is 76.9 Å². The number of nitrogens with one attached hydrogen (secondary N) is 2. The number of aliphatic carboxylic acids is 3. The number of hydrazine groups is 1. The Morgan fingerprint density at radius 2 is 1.42 bits per heavy atom. The number of likely N-dealkylation sites (tertiary alicyclic amines) is 1. The van der Waals surface area contributed by atoms with Gasteiger partial charge in [-0.1, -0.05) is 85.2 Å². The maximum Gasteiger partial charge on any atom is 0.410 e. The van der Waals surface area contributed by atoms with Gasteiger partial charge >= 0.3 is 24.0 Å². The number of carbonyl (C=O) groups excluding carboxylic acids is 7. The van der Waals surface area contributed by atoms with Gasteiger partial charge in [0.1, 0.15) is 59.6 Å². The highest BCUT2D eigenvalue weighted by Crippen LogP contribution is 2.40. The summed E-state index contributed by atoms with van der Waals surface area (Å²) in [5, 5.41) is 68.4. The Bertz CT molecular complexity index is 3540. The second-order valence-corrected chi connectivity index (χ2v) is 27.6. The number of nitrogens with two attached hydrogens (primary N) is 2. The van der Waals surface area contributed by atoms with Gasteiger partial charge in [-0.2, -0.15) is 0 Å². The fraction of sp³-hybridized carbons (Fsp3) is 0.616. The predicted molar refractivity (Wildman–Crippen MR) is 381 cm³/mol. The number of carbonyl (C=O) groups is 10. The van der Waals surface area contributed by atoms with Crippen molar-refractivity contribution in [3.05, 3.63) is 89.5 Å². The first-order chi connectivity index (χ1) is 50.7. The van der Waals surface area contributed by atoms with E-state index in [1.165, 1.54) is 67.7 Å². The Kier molecular flexibility index (Phi) is 33.8. The van der Waals surface area contributed by atoms with Crippen molar-refractivity contribution in [2.75, 3.05) is 87.6 Å². The number of nitrogens with zero attached hydrogens (tertiary/aromatic N) is 5. The molecule has 1 aromatic heterocycles. The summed E-state index contributed by atoms with van der Waals surface area (Å²) in [4.78, 5) is 139. The lowest BCUT2D eigenvalue weighted by molar-refractivity contribution is -0.270. The molecule has 107 heavy (non-hydrogen) atoms. The Hall–Kier alpha value is -8.84. The zero-order valence-electron chi connectivity index (χ0n) is 62.5. The number of ether oxygens (including phenoxy) is 8. The number of carboxylic acids is 3. The van der Waals surface area contributed by atoms with Gasteiger partial charge in [0, 0.05) is 83.7 Å². The SMILES string of the molecule is CCC(C)[C@@H]([C@@H](CC(=O)N1CCC[C@H]1[C@H](OC)[C@@H](C)C(=O)NC(Cc1ccccc1)C(=O)O)OC)N(C)C(=O)[C@@H](NC(=O)[C@H](C(C)C)N(C)C(=O)OC(C/C(N)=C/N(N)CCOCCOCCOCCN1C(=O)C=CC1=O)c1ccc(O[C@@H]2O[C@H](C(=O)O)[C@@H](O)[C@H](O)[C@H]2O)c2cc(CCC(=O)O)oc12)C(C)C. The van der Waals surface area contributed by atoms with E-state index in [9.17, 15) is 73.8 Å². The van der Waals surface area contributed by atoms with Crippen LogP contribution in [0, 0.1) is 23.7 Å². The Morgan fingerprint density at radius 3 is 2.01 bits per heavy atom. The standard InChI is InChI=1S/C73H107N9O25/c1-12-42(6)60(53(99-10)38-56(85)81-26-16-19-50(81)64(100-11)43(7)67(91)76-49(70(94)95)35-44-17-14-13-15-18-44)78(8)69(93)58(40(2)3)77-68(92)59(41(4)5)79(9)73(98)106-52(36-45(74)39-80(75)27-29-101-31-33-103-34-32-102-30-28-82-54(83)23-24-55(82)84)47-21-22-51(48-37-46(104-65(47)48)20-25-57(86)87)105-72-63(90)61(88)62(89)66(107-72)71(96)97/h13-15,17-18,21-24,37,39-43,49-50,52-53,58-64,66,72,88-90H,12,16,19-20,25-36,38,74-75H2,1-11H3,(H,76,91)(H,77,92)(H,86,87)(H,94,95)(H,96,97)/b45-39-/t42?,43-,49?,50+,52?,53-,58+,59+,60+,61+,62+,63-,64-,66+,72-/m1/s1. The average molecular weight is 1510 g/mol. The number of aliphatic hydroxyl groups excluding tert-OH is 3. The second-order valence-electron chi connectivity index (χ2n) is 27.6. The zero-order chi connectivity index (χ0) is 79.1. The maximum absolute atomic E-state index is 15.1. The second kappa shape index (κ2) is 41.5. The minimum atomic E-state index is -2.06. The highest BCUT2D eigenvalue weighted by molar-refractivity contribution is 6.12. The first-order valence-electron chi connectivity index (χ1n) is 35.8. The number of hydrogen-bond donors (Lipinski definition) is 10. The van der Waals surface area contributed by atoms with E-state index in [4.69, 9.17) is 53.9 Å². The van der Waals surface area contributed by atoms with Crippen molar-refractivity contribution in [2.45, 2.75) is 179 Å². The van der Waals surface area contributed by atoms with E-state index in [2.05, 4.69) is 10.6 Å². The molecule has 34 nitrogen and oxygen atoms in total. The van der Waals surface area contributed by atoms with Gasteiger partial charge in [0.05, 0.1) is 101 Å². The quantitative estimate of drug-likeness (QED) is 0.0168. The van der Waals surface area contributed by atoms with Gasteiger partial charge in [0.2, 0.25) is 29.9 Å². The van der Waals surface area contributed by atoms with Crippen molar-refractivity contribution in [2.24, 2.45) is 35.2 Å². The Morgan fingerprint density at radius 1 is 0.776 bits per heavy atom. The lowest BCUT2D eigenvalue weighted by atomic mass is 9.89. The molecule has 3 unspecified atom stereocenters. The van der Waals surface area contributed by atoms with Crippen molar-refractivity contribution in [1.29, 1.82) is 0 Å². The molecule has 594 valence electrons. The molecule has 7 amide bonds. The molecule has 2 saturated heterocycles. The van der Waals surface area contributed by atoms with Crippen LogP contribution in [0.3, 0.4) is 0 Å². The van der Waals surface area contributed by atoms with E-state index in [0.717, 1.165) is 9.80 Å². The van der Waals surface area contributed by atoms with E-state index in [1.807, 2.05) is 13.8 Å². The minimum absolute atomic E-state index is 0.0133. The largest absolute Gasteiger partial charge is 0.481 e. The van der Waals surface area contributed by atoms with Crippen LogP contribution in [0.1, 0.15) is 110 Å². The number of aryl methyl sites for hydroxylation is 1. The van der Waals surface area contributed by atoms with Gasteiger partial charge in [-0.15, -0.1) is 0 Å². The molecule has 0 radical (unpaired) electrons. The summed E-state index contributed by atoms with van der Waals surface area (Å²) in [6.45, 7) is 13.7. The smallest absolute Gasteiger partial charge is 0.410 e. The van der Waals surface area contributed by atoms with Gasteiger partial charge in [0.25, 0.3) is 11.8 Å². The lowest BCUT2D eigenvalue weighted by Crippen LogP contribution is -2.61. The van der Waals surface area contributed by atoms with Gasteiger partial charge in [0.15, 0.2) is 6.10 Å². The molecule has 0 aliphatic carbocycles. The number of benzene rings is 2. The molecule has 3 aromatic rings. The van der Waals surface area contributed by atoms with E-state index < -0.39 is 157 Å². The number of amides is 7. The summed E-state index contributed by atoms with van der Waals surface area (Å²) < 4.78 is 52.8. The van der Waals surface area contributed by atoms with Gasteiger partial charge in [-0.05, 0) is 54.4 Å². The highest BCUT2D eigenvalue weighted by atomic mass is 16.7. The molecule has 0 saturated carbocycles. The number of fused-ring (bicyclic) bond motifs is 1. The third-order valence-corrected chi connectivity index (χ3v) is 19.3. The number of imide groups is 1. The molecular formula is C73H107N9O25. The number of carboxylic acid groups (broad SMARTS) is 3. The number of hydrogen-bond acceptors (Lipinski definition) is 25. The predicted octanol–water partition coefficient (Wildman–Crippen LogP) is 2.07. The molecule has 3 aliphatic heterocycles. The highest BCUT2D eigenvalue weighted by Gasteiger charge is 2.49. The first kappa shape index (κ1) is 87.1. The molecule has 0 spiro atoms. The summed E-state index contributed by atoms with van der Waals surface area (Å²) in [6, 6.07) is 7.84. The lowest BCUT2D eigenvalue weighted by Gasteiger charge is -2.41. The van der Waals surface area contributed by atoms with Gasteiger partial charge in [-0.3, -0.25) is 43.4 Å². The summed E-state index contributed by atoms with van der Waals surface area (Å²) in [7, 11) is 5.75. The van der Waals surface area contributed by atoms with Crippen molar-refractivity contribution < 1.29 is 121 Å². The van der Waals surface area contributed by atoms with Crippen LogP contribution in [0.4, 0.5) is 4.79 Å². The van der Waals surface area contributed by atoms with Crippen LogP contribution in [0.25, 0.3) is 11.0 Å². The summed E-state index contributed by atoms with van der Waals surface area (Å²) >= 11 is 0. The van der Waals surface area contributed by atoms with Crippen molar-refractivity contribution in [1.82, 2.24) is 35.2 Å². The average Bonchev–Trinajstić information content (AvgIpc) is 1.71. The fourth-order valence-electron chi connectivity index (χ4n) is 13.3. The minimum Gasteiger partial charge on any atom is -0.481 e. The molecule has 34 heteroatoms. The van der Waals surface area contributed by atoms with Crippen molar-refractivity contribution in [3.63, 3.8) is 0 Å². The molecule has 2 aromatic carbocycles. The summed E-state index contributed by atoms with van der Waals surface area (Å²) in [5.41, 5.74) is 7.42. The van der Waals surface area contributed by atoms with Crippen molar-refractivity contribution >= 4 is 70.4 Å². The third kappa shape index (κ3) is 23.8. The van der Waals surface area contributed by atoms with E-state index in [-0.39, 0.29) is 124 Å². The number of rotatable bonds is 44. The molecular weight excluding hydrogens is 1400 g/mol. The molecule has 15 atom stereocenters. The van der Waals surface area contributed by atoms with Crippen LogP contribution in [-0.4, -0.2) is 275 Å². The van der Waals surface area contributed by atoms with Crippen LogP contribution >= 0.6 is 0 Å². The van der Waals surface area contributed by atoms with Crippen LogP contribution in [0.15, 0.2) is 77.0 Å². The molecule has 12 N–H and O–H groups in total. The summed E-state index contributed by atoms with van der Waals surface area (Å²) in [6.07, 6.45) is -10.1. The summed E-state index contributed by atoms with van der Waals surface area (Å²) in [5.74, 6) is -3.20. The molecule has 6 rings (SSSR count). The van der Waals surface area contributed by atoms with Crippen LogP contribution in [-0.2, 0) is 89.2 Å². The van der Waals surface area contributed by atoms with E-state index >= 15 is 4.79 Å². The number of furan rings is 1. The normalized spacial score (nSPS) is 20.8. The van der Waals surface area contributed by atoms with Crippen LogP contribution in [0.5, 0.6) is 5.75 Å². The zero-order valence-corrected chi connectivity index (χ0v) is 62.5. The maximum atomic E-state index is 15.1. The Labute approximate surface area is 621 Å². The molecule has 2 fully saturated rings. The monoisotopic (exact) mass is 1510 g/mol. The third-order valence-electron chi connectivity index (χ3n) is 19.3. The van der Waals surface area contributed by atoms with Crippen molar-refractivity contribution in [3.8, 4) is 5.75 Å².